The zero-order valence-electron chi connectivity index (χ0n) is 28.9. The number of carbonyl (C=O) groups excluding carboxylic acids is 6. The number of hydrogen-bond acceptors (Lipinski definition) is 13. The summed E-state index contributed by atoms with van der Waals surface area (Å²) in [6, 6.07) is -1.25. The van der Waals surface area contributed by atoms with Crippen LogP contribution in [-0.2, 0) is 61.9 Å². The predicted octanol–water partition coefficient (Wildman–Crippen LogP) is 3.84. The van der Waals surface area contributed by atoms with Gasteiger partial charge in [0.25, 0.3) is 0 Å². The van der Waals surface area contributed by atoms with E-state index in [1.807, 2.05) is 0 Å². The number of unbranched alkanes of at least 4 members (excludes halogenated alkanes) is 10. The Hall–Kier alpha value is -3.26. The average Bonchev–Trinajstić information content (AvgIpc) is 3.00. The maximum absolute atomic E-state index is 13.2. The van der Waals surface area contributed by atoms with Gasteiger partial charge in [-0.2, -0.15) is 0 Å². The molecule has 47 heavy (non-hydrogen) atoms. The van der Waals surface area contributed by atoms with Crippen LogP contribution in [-0.4, -0.2) is 93.3 Å². The maximum Gasteiger partial charge on any atom is 0.308 e. The molecule has 0 aliphatic carbocycles. The van der Waals surface area contributed by atoms with E-state index >= 15 is 0 Å². The number of rotatable bonds is 23. The Morgan fingerprint density at radius 1 is 0.681 bits per heavy atom. The van der Waals surface area contributed by atoms with Crippen molar-refractivity contribution in [3.63, 3.8) is 0 Å². The lowest BCUT2D eigenvalue weighted by atomic mass is 9.95. The van der Waals surface area contributed by atoms with E-state index in [-0.39, 0.29) is 19.3 Å². The van der Waals surface area contributed by atoms with Crippen molar-refractivity contribution in [1.29, 1.82) is 0 Å². The van der Waals surface area contributed by atoms with Crippen LogP contribution in [0.25, 0.3) is 0 Å². The smallest absolute Gasteiger partial charge is 0.308 e. The van der Waals surface area contributed by atoms with Gasteiger partial charge >= 0.3 is 29.8 Å². The molecule has 1 amide bonds. The summed E-state index contributed by atoms with van der Waals surface area (Å²) >= 11 is 0. The van der Waals surface area contributed by atoms with Gasteiger partial charge in [-0.05, 0) is 6.42 Å². The van der Waals surface area contributed by atoms with E-state index in [4.69, 9.17) is 33.2 Å². The zero-order chi connectivity index (χ0) is 35.2. The highest BCUT2D eigenvalue weighted by Crippen LogP contribution is 2.30. The molecule has 5 atom stereocenters. The van der Waals surface area contributed by atoms with E-state index < -0.39 is 79.1 Å². The number of methoxy groups -OCH3 is 2. The van der Waals surface area contributed by atoms with Crippen LogP contribution in [0.5, 0.6) is 0 Å². The number of nitrogens with one attached hydrogen (secondary N) is 1. The molecule has 1 fully saturated rings. The van der Waals surface area contributed by atoms with Gasteiger partial charge in [-0.25, -0.2) is 0 Å². The van der Waals surface area contributed by atoms with Gasteiger partial charge in [0.2, 0.25) is 5.91 Å². The second-order valence-corrected chi connectivity index (χ2v) is 11.7. The fourth-order valence-electron chi connectivity index (χ4n) is 5.28. The fraction of sp³-hybridized carbons (Fsp3) is 0.818. The Kier molecular flexibility index (Phi) is 21.3. The first-order valence-electron chi connectivity index (χ1n) is 16.6. The molecular formula is C33H55NO13. The third-order valence-corrected chi connectivity index (χ3v) is 7.61. The van der Waals surface area contributed by atoms with Gasteiger partial charge in [-0.15, -0.1) is 0 Å². The molecule has 270 valence electrons. The van der Waals surface area contributed by atoms with Crippen molar-refractivity contribution in [2.24, 2.45) is 0 Å². The highest BCUT2D eigenvalue weighted by atomic mass is 16.7. The summed E-state index contributed by atoms with van der Waals surface area (Å²) in [6.45, 7) is 5.22. The fourth-order valence-corrected chi connectivity index (χ4v) is 5.28. The van der Waals surface area contributed by atoms with Crippen molar-refractivity contribution in [3.8, 4) is 0 Å². The van der Waals surface area contributed by atoms with Gasteiger partial charge in [-0.1, -0.05) is 71.1 Å². The minimum Gasteiger partial charge on any atom is -0.469 e. The van der Waals surface area contributed by atoms with Crippen molar-refractivity contribution in [1.82, 2.24) is 5.32 Å². The predicted molar refractivity (Wildman–Crippen MR) is 168 cm³/mol. The second kappa shape index (κ2) is 24.0. The molecule has 0 spiro atoms. The standard InChI is InChI=1S/C33H55NO13/c1-7-8-9-10-11-12-13-14-15-16-17-18-27(38)34-30-32(45-24(4)37)31(44-23(3)36)26(21-43-22(2)35)47-33(30)46-25(19-28(39)41-5)20-29(40)42-6/h25-26,30-33H,7-21H2,1-6H3,(H,34,38)/t26-,30-,31-,32-,33-/m1/s1. The van der Waals surface area contributed by atoms with Gasteiger partial charge in [-0.3, -0.25) is 28.8 Å². The van der Waals surface area contributed by atoms with Crippen LogP contribution in [0, 0.1) is 0 Å². The Morgan fingerprint density at radius 3 is 1.64 bits per heavy atom. The van der Waals surface area contributed by atoms with Gasteiger partial charge < -0.3 is 38.5 Å². The molecule has 1 aliphatic rings. The number of esters is 5. The number of hydrogen-bond donors (Lipinski definition) is 1. The van der Waals surface area contributed by atoms with Gasteiger partial charge in [0.1, 0.15) is 18.8 Å². The normalized spacial score (nSPS) is 20.6. The summed E-state index contributed by atoms with van der Waals surface area (Å²) < 4.78 is 37.7. The van der Waals surface area contributed by atoms with Crippen LogP contribution < -0.4 is 5.32 Å². The average molecular weight is 674 g/mol. The minimum absolute atomic E-state index is 0.149. The lowest BCUT2D eigenvalue weighted by Gasteiger charge is -2.45. The molecule has 14 nitrogen and oxygen atoms in total. The van der Waals surface area contributed by atoms with Crippen molar-refractivity contribution in [2.75, 3.05) is 20.8 Å². The van der Waals surface area contributed by atoms with Crippen molar-refractivity contribution >= 4 is 35.8 Å². The minimum atomic E-state index is -1.45. The van der Waals surface area contributed by atoms with Crippen LogP contribution in [0.15, 0.2) is 0 Å². The summed E-state index contributed by atoms with van der Waals surface area (Å²) in [6.07, 6.45) is 5.11. The van der Waals surface area contributed by atoms with E-state index in [0.717, 1.165) is 39.5 Å². The first-order chi connectivity index (χ1) is 22.4. The van der Waals surface area contributed by atoms with Gasteiger partial charge in [0.15, 0.2) is 18.5 Å². The van der Waals surface area contributed by atoms with Crippen LogP contribution in [0.1, 0.15) is 118 Å². The first kappa shape index (κ1) is 41.8. The highest BCUT2D eigenvalue weighted by molar-refractivity contribution is 5.76. The van der Waals surface area contributed by atoms with Crippen LogP contribution in [0.3, 0.4) is 0 Å². The first-order valence-corrected chi connectivity index (χ1v) is 16.6. The zero-order valence-corrected chi connectivity index (χ0v) is 28.9. The molecule has 0 radical (unpaired) electrons. The molecule has 0 aromatic heterocycles. The third-order valence-electron chi connectivity index (χ3n) is 7.61. The summed E-state index contributed by atoms with van der Waals surface area (Å²) in [5, 5.41) is 2.79. The number of amides is 1. The van der Waals surface area contributed by atoms with E-state index in [0.29, 0.717) is 6.42 Å². The monoisotopic (exact) mass is 673 g/mol. The SMILES string of the molecule is CCCCCCCCCCCCCC(=O)N[C@H]1[C@H](OC(CC(=O)OC)CC(=O)OC)O[C@H](COC(C)=O)[C@@H](OC(C)=O)[C@@H]1OC(C)=O. The molecule has 0 saturated carbocycles. The Morgan fingerprint density at radius 2 is 1.17 bits per heavy atom. The molecule has 0 aromatic carbocycles. The topological polar surface area (TPSA) is 179 Å². The molecular weight excluding hydrogens is 618 g/mol. The largest absolute Gasteiger partial charge is 0.469 e. The van der Waals surface area contributed by atoms with E-state index in [1.54, 1.807) is 0 Å². The summed E-state index contributed by atoms with van der Waals surface area (Å²) in [5.41, 5.74) is 0. The molecule has 1 saturated heterocycles. The summed E-state index contributed by atoms with van der Waals surface area (Å²) in [5.74, 6) is -3.96. The van der Waals surface area contributed by atoms with Crippen molar-refractivity contribution in [2.45, 2.75) is 154 Å². The maximum atomic E-state index is 13.2. The van der Waals surface area contributed by atoms with Crippen LogP contribution in [0.4, 0.5) is 0 Å². The molecule has 14 heteroatoms. The molecule has 0 bridgehead atoms. The van der Waals surface area contributed by atoms with Crippen LogP contribution >= 0.6 is 0 Å². The molecule has 1 aliphatic heterocycles. The Balaban J connectivity index is 3.14. The van der Waals surface area contributed by atoms with Gasteiger partial charge in [0.05, 0.1) is 33.2 Å². The second-order valence-electron chi connectivity index (χ2n) is 11.7. The van der Waals surface area contributed by atoms with Crippen LogP contribution in [0.2, 0.25) is 0 Å². The Labute approximate surface area is 278 Å². The number of ether oxygens (including phenoxy) is 7. The van der Waals surface area contributed by atoms with E-state index in [9.17, 15) is 28.8 Å². The molecule has 1 heterocycles. The highest BCUT2D eigenvalue weighted by Gasteiger charge is 2.52. The van der Waals surface area contributed by atoms with E-state index in [2.05, 4.69) is 12.2 Å². The molecule has 0 aromatic rings. The molecule has 1 N–H and O–H groups in total. The van der Waals surface area contributed by atoms with Crippen molar-refractivity contribution in [3.05, 3.63) is 0 Å². The molecule has 1 rings (SSSR count). The van der Waals surface area contributed by atoms with Crippen molar-refractivity contribution < 1.29 is 61.9 Å². The lowest BCUT2D eigenvalue weighted by molar-refractivity contribution is -0.288. The molecule has 0 unspecified atom stereocenters. The quantitative estimate of drug-likeness (QED) is 0.0940. The van der Waals surface area contributed by atoms with Gasteiger partial charge in [0, 0.05) is 27.2 Å². The Bertz CT molecular complexity index is 970. The van der Waals surface area contributed by atoms with E-state index in [1.165, 1.54) is 59.7 Å². The summed E-state index contributed by atoms with van der Waals surface area (Å²) in [4.78, 5) is 73.5. The lowest BCUT2D eigenvalue weighted by Crippen LogP contribution is -2.67. The third kappa shape index (κ3) is 18.0. The number of carbonyl (C=O) groups is 6. The summed E-state index contributed by atoms with van der Waals surface area (Å²) in [7, 11) is 2.34.